The van der Waals surface area contributed by atoms with Crippen LogP contribution < -0.4 is 4.90 Å². The van der Waals surface area contributed by atoms with Crippen LogP contribution in [0, 0.1) is 12.8 Å². The lowest BCUT2D eigenvalue weighted by molar-refractivity contribution is -0.128. The third-order valence-electron chi connectivity index (χ3n) is 7.02. The SMILES string of the molecule is CC(=O)N1CCCN(c2nc(CN(Cc3ccccc3)CC3CC3)nc3c(C)cccc23)CC1. The van der Waals surface area contributed by atoms with Crippen LogP contribution in [0.4, 0.5) is 5.82 Å². The fraction of sp³-hybridized carbons (Fsp3) is 0.464. The van der Waals surface area contributed by atoms with Gasteiger partial charge in [-0.25, -0.2) is 9.97 Å². The van der Waals surface area contributed by atoms with Crippen molar-refractivity contribution in [2.45, 2.75) is 46.2 Å². The van der Waals surface area contributed by atoms with Gasteiger partial charge in [0, 0.05) is 51.6 Å². The summed E-state index contributed by atoms with van der Waals surface area (Å²) in [6.45, 7) is 9.81. The highest BCUT2D eigenvalue weighted by molar-refractivity contribution is 5.91. The summed E-state index contributed by atoms with van der Waals surface area (Å²) >= 11 is 0. The second kappa shape index (κ2) is 10.1. The lowest BCUT2D eigenvalue weighted by atomic mass is 10.1. The number of benzene rings is 2. The average Bonchev–Trinajstić information content (AvgIpc) is 3.66. The normalized spacial score (nSPS) is 16.8. The molecule has 1 aliphatic carbocycles. The smallest absolute Gasteiger partial charge is 0.219 e. The van der Waals surface area contributed by atoms with Gasteiger partial charge in [-0.3, -0.25) is 9.69 Å². The highest BCUT2D eigenvalue weighted by Crippen LogP contribution is 2.31. The van der Waals surface area contributed by atoms with Gasteiger partial charge in [0.25, 0.3) is 0 Å². The van der Waals surface area contributed by atoms with E-state index in [2.05, 4.69) is 65.3 Å². The minimum Gasteiger partial charge on any atom is -0.354 e. The molecule has 0 spiro atoms. The van der Waals surface area contributed by atoms with Gasteiger partial charge >= 0.3 is 0 Å². The van der Waals surface area contributed by atoms with E-state index in [1.54, 1.807) is 6.92 Å². The standard InChI is InChI=1S/C28H35N5O/c1-21-8-6-11-25-27(21)29-26(30-28(25)33-15-7-14-32(16-17-33)22(2)34)20-31(19-24-12-13-24)18-23-9-4-3-5-10-23/h3-6,8-11,24H,7,12-20H2,1-2H3. The molecule has 3 aromatic rings. The molecule has 1 aromatic heterocycles. The maximum absolute atomic E-state index is 11.9. The summed E-state index contributed by atoms with van der Waals surface area (Å²) in [5.74, 6) is 2.86. The quantitative estimate of drug-likeness (QED) is 0.526. The topological polar surface area (TPSA) is 52.6 Å². The van der Waals surface area contributed by atoms with E-state index in [0.717, 1.165) is 80.7 Å². The average molecular weight is 458 g/mol. The van der Waals surface area contributed by atoms with Gasteiger partial charge in [0.1, 0.15) is 11.6 Å². The summed E-state index contributed by atoms with van der Waals surface area (Å²) in [5.41, 5.74) is 3.55. The first-order chi connectivity index (χ1) is 16.6. The molecule has 2 heterocycles. The van der Waals surface area contributed by atoms with E-state index in [0.29, 0.717) is 0 Å². The molecule has 2 fully saturated rings. The predicted molar refractivity (Wildman–Crippen MR) is 137 cm³/mol. The number of fused-ring (bicyclic) bond motifs is 1. The van der Waals surface area contributed by atoms with E-state index in [9.17, 15) is 4.79 Å². The number of hydrogen-bond donors (Lipinski definition) is 0. The van der Waals surface area contributed by atoms with Gasteiger partial charge in [0.05, 0.1) is 12.1 Å². The van der Waals surface area contributed by atoms with Crippen LogP contribution in [-0.2, 0) is 17.9 Å². The Morgan fingerprint density at radius 2 is 1.79 bits per heavy atom. The van der Waals surface area contributed by atoms with Gasteiger partial charge in [-0.1, -0.05) is 42.5 Å². The Bertz CT molecular complexity index is 1140. The van der Waals surface area contributed by atoms with Gasteiger partial charge in [-0.05, 0) is 49.3 Å². The first-order valence-corrected chi connectivity index (χ1v) is 12.6. The number of hydrogen-bond acceptors (Lipinski definition) is 5. The molecular formula is C28H35N5O. The molecule has 1 saturated heterocycles. The van der Waals surface area contributed by atoms with Crippen LogP contribution in [0.15, 0.2) is 48.5 Å². The van der Waals surface area contributed by atoms with Crippen molar-refractivity contribution in [1.29, 1.82) is 0 Å². The Morgan fingerprint density at radius 1 is 0.971 bits per heavy atom. The molecule has 0 radical (unpaired) electrons. The summed E-state index contributed by atoms with van der Waals surface area (Å²) in [5, 5.41) is 1.11. The van der Waals surface area contributed by atoms with Gasteiger partial charge in [-0.2, -0.15) is 0 Å². The zero-order valence-corrected chi connectivity index (χ0v) is 20.4. The van der Waals surface area contributed by atoms with Crippen LogP contribution in [0.1, 0.15) is 43.1 Å². The minimum atomic E-state index is 0.155. The number of anilines is 1. The lowest BCUT2D eigenvalue weighted by Crippen LogP contribution is -2.34. The third kappa shape index (κ3) is 5.39. The van der Waals surface area contributed by atoms with Crippen molar-refractivity contribution in [1.82, 2.24) is 19.8 Å². The summed E-state index contributed by atoms with van der Waals surface area (Å²) in [6, 6.07) is 17.1. The van der Waals surface area contributed by atoms with Gasteiger partial charge < -0.3 is 9.80 Å². The van der Waals surface area contributed by atoms with Crippen LogP contribution in [0.2, 0.25) is 0 Å². The second-order valence-corrected chi connectivity index (χ2v) is 9.88. The van der Waals surface area contributed by atoms with Gasteiger partial charge in [0.15, 0.2) is 0 Å². The van der Waals surface area contributed by atoms with E-state index in [1.807, 2.05) is 4.90 Å². The summed E-state index contributed by atoms with van der Waals surface area (Å²) in [6.07, 6.45) is 3.61. The van der Waals surface area contributed by atoms with Crippen molar-refractivity contribution >= 4 is 22.6 Å². The molecule has 5 rings (SSSR count). The number of rotatable bonds is 7. The zero-order chi connectivity index (χ0) is 23.5. The number of carbonyl (C=O) groups excluding carboxylic acids is 1. The number of para-hydroxylation sites is 1. The first kappa shape index (κ1) is 22.8. The molecule has 1 saturated carbocycles. The highest BCUT2D eigenvalue weighted by Gasteiger charge is 2.26. The molecule has 34 heavy (non-hydrogen) atoms. The second-order valence-electron chi connectivity index (χ2n) is 9.88. The van der Waals surface area contributed by atoms with Crippen molar-refractivity contribution in [2.75, 3.05) is 37.6 Å². The van der Waals surface area contributed by atoms with Crippen LogP contribution in [0.3, 0.4) is 0 Å². The Labute approximate surface area is 202 Å². The molecule has 0 unspecified atom stereocenters. The van der Waals surface area contributed by atoms with Crippen molar-refractivity contribution in [3.05, 3.63) is 65.5 Å². The molecule has 2 aromatic carbocycles. The Balaban J connectivity index is 1.46. The van der Waals surface area contributed by atoms with Crippen LogP contribution in [0.5, 0.6) is 0 Å². The lowest BCUT2D eigenvalue weighted by Gasteiger charge is -2.26. The van der Waals surface area contributed by atoms with Crippen molar-refractivity contribution in [2.24, 2.45) is 5.92 Å². The molecule has 6 nitrogen and oxygen atoms in total. The zero-order valence-electron chi connectivity index (χ0n) is 20.4. The maximum atomic E-state index is 11.9. The van der Waals surface area contributed by atoms with E-state index in [1.165, 1.54) is 24.0 Å². The molecule has 0 N–H and O–H groups in total. The molecule has 1 amide bonds. The molecule has 1 aliphatic heterocycles. The van der Waals surface area contributed by atoms with Gasteiger partial charge in [0.2, 0.25) is 5.91 Å². The van der Waals surface area contributed by atoms with Gasteiger partial charge in [-0.15, -0.1) is 0 Å². The van der Waals surface area contributed by atoms with Crippen molar-refractivity contribution in [3.63, 3.8) is 0 Å². The molecule has 2 aliphatic rings. The van der Waals surface area contributed by atoms with E-state index in [-0.39, 0.29) is 5.91 Å². The fourth-order valence-electron chi connectivity index (χ4n) is 4.97. The summed E-state index contributed by atoms with van der Waals surface area (Å²) < 4.78 is 0. The Morgan fingerprint density at radius 3 is 2.56 bits per heavy atom. The predicted octanol–water partition coefficient (Wildman–Crippen LogP) is 4.41. The first-order valence-electron chi connectivity index (χ1n) is 12.6. The van der Waals surface area contributed by atoms with E-state index >= 15 is 0 Å². The van der Waals surface area contributed by atoms with Crippen molar-refractivity contribution in [3.8, 4) is 0 Å². The number of carbonyl (C=O) groups is 1. The van der Waals surface area contributed by atoms with E-state index in [4.69, 9.17) is 9.97 Å². The van der Waals surface area contributed by atoms with Crippen molar-refractivity contribution < 1.29 is 4.79 Å². The number of amides is 1. The largest absolute Gasteiger partial charge is 0.354 e. The Hall–Kier alpha value is -2.99. The fourth-order valence-corrected chi connectivity index (χ4v) is 4.97. The molecule has 6 heteroatoms. The number of aryl methyl sites for hydroxylation is 1. The molecule has 0 bridgehead atoms. The highest BCUT2D eigenvalue weighted by atomic mass is 16.2. The number of nitrogens with zero attached hydrogens (tertiary/aromatic N) is 5. The molecule has 0 atom stereocenters. The molecule has 178 valence electrons. The number of aromatic nitrogens is 2. The van der Waals surface area contributed by atoms with Crippen LogP contribution >= 0.6 is 0 Å². The minimum absolute atomic E-state index is 0.155. The van der Waals surface area contributed by atoms with E-state index < -0.39 is 0 Å². The third-order valence-corrected chi connectivity index (χ3v) is 7.02. The summed E-state index contributed by atoms with van der Waals surface area (Å²) in [7, 11) is 0. The monoisotopic (exact) mass is 457 g/mol. The maximum Gasteiger partial charge on any atom is 0.219 e. The summed E-state index contributed by atoms with van der Waals surface area (Å²) in [4.78, 5) is 29.0. The molecular weight excluding hydrogens is 422 g/mol. The van der Waals surface area contributed by atoms with Crippen LogP contribution in [0.25, 0.3) is 10.9 Å². The van der Waals surface area contributed by atoms with Crippen LogP contribution in [-0.4, -0.2) is 58.4 Å². The Kier molecular flexibility index (Phi) is 6.77.